The van der Waals surface area contributed by atoms with Gasteiger partial charge in [0, 0.05) is 16.6 Å². The monoisotopic (exact) mass is 473 g/mol. The van der Waals surface area contributed by atoms with Gasteiger partial charge in [-0.25, -0.2) is 8.42 Å². The molecule has 1 atom stereocenters. The number of hydrogen-bond acceptors (Lipinski definition) is 2. The minimum atomic E-state index is -3.64. The molecular formula is C28H24ClNO2S. The Morgan fingerprint density at radius 3 is 2.33 bits per heavy atom. The van der Waals surface area contributed by atoms with Crippen molar-refractivity contribution in [3.63, 3.8) is 0 Å². The molecule has 3 nitrogen and oxygen atoms in total. The molecule has 5 heteroatoms. The van der Waals surface area contributed by atoms with E-state index in [2.05, 4.69) is 47.2 Å². The molecule has 0 amide bonds. The number of halogens is 1. The van der Waals surface area contributed by atoms with E-state index in [1.807, 2.05) is 18.2 Å². The van der Waals surface area contributed by atoms with Crippen molar-refractivity contribution in [3.8, 4) is 0 Å². The Hall–Kier alpha value is -3.08. The lowest BCUT2D eigenvalue weighted by molar-refractivity contribution is 0.601. The molecule has 4 aromatic carbocycles. The summed E-state index contributed by atoms with van der Waals surface area (Å²) in [7, 11) is -3.64. The van der Waals surface area contributed by atoms with E-state index in [1.165, 1.54) is 22.3 Å². The van der Waals surface area contributed by atoms with E-state index < -0.39 is 10.0 Å². The van der Waals surface area contributed by atoms with Gasteiger partial charge in [-0.05, 0) is 83.5 Å². The lowest BCUT2D eigenvalue weighted by atomic mass is 9.83. The van der Waals surface area contributed by atoms with Gasteiger partial charge in [0.05, 0.1) is 4.90 Å². The van der Waals surface area contributed by atoms with Crippen molar-refractivity contribution < 1.29 is 8.42 Å². The Bertz CT molecular complexity index is 1400. The number of aryl methyl sites for hydroxylation is 2. The maximum absolute atomic E-state index is 12.8. The van der Waals surface area contributed by atoms with Crippen molar-refractivity contribution in [3.05, 3.63) is 130 Å². The van der Waals surface area contributed by atoms with Crippen LogP contribution in [-0.4, -0.2) is 8.42 Å². The second-order valence-corrected chi connectivity index (χ2v) is 10.5. The fourth-order valence-electron chi connectivity index (χ4n) is 4.70. The fraction of sp³-hybridized carbons (Fsp3) is 0.143. The Balaban J connectivity index is 1.49. The van der Waals surface area contributed by atoms with Gasteiger partial charge in [-0.2, -0.15) is 0 Å². The van der Waals surface area contributed by atoms with Gasteiger partial charge < -0.3 is 0 Å². The summed E-state index contributed by atoms with van der Waals surface area (Å²) in [5.74, 6) is 0.178. The lowest BCUT2D eigenvalue weighted by Gasteiger charge is -2.21. The van der Waals surface area contributed by atoms with Gasteiger partial charge in [0.25, 0.3) is 10.0 Å². The van der Waals surface area contributed by atoms with E-state index >= 15 is 0 Å². The second kappa shape index (κ2) is 9.05. The average molecular weight is 474 g/mol. The highest BCUT2D eigenvalue weighted by Gasteiger charge is 2.24. The molecule has 5 rings (SSSR count). The van der Waals surface area contributed by atoms with Crippen molar-refractivity contribution in [1.82, 2.24) is 0 Å². The van der Waals surface area contributed by atoms with E-state index in [-0.39, 0.29) is 10.8 Å². The van der Waals surface area contributed by atoms with E-state index in [1.54, 1.807) is 36.4 Å². The maximum atomic E-state index is 12.8. The average Bonchev–Trinajstić information content (AvgIpc) is 2.97. The summed E-state index contributed by atoms with van der Waals surface area (Å²) in [6.07, 6.45) is 2.71. The van der Waals surface area contributed by atoms with Crippen molar-refractivity contribution in [2.24, 2.45) is 0 Å². The van der Waals surface area contributed by atoms with Crippen molar-refractivity contribution in [2.75, 3.05) is 4.72 Å². The summed E-state index contributed by atoms with van der Waals surface area (Å²) < 4.78 is 28.3. The minimum Gasteiger partial charge on any atom is -0.280 e. The normalized spacial score (nSPS) is 15.2. The van der Waals surface area contributed by atoms with Crippen LogP contribution in [0.15, 0.2) is 102 Å². The number of anilines is 1. The zero-order valence-corrected chi connectivity index (χ0v) is 19.6. The van der Waals surface area contributed by atoms with Gasteiger partial charge in [-0.1, -0.05) is 72.3 Å². The molecule has 0 spiro atoms. The summed E-state index contributed by atoms with van der Waals surface area (Å²) >= 11 is 6.32. The van der Waals surface area contributed by atoms with Crippen LogP contribution in [0.25, 0.3) is 0 Å². The summed E-state index contributed by atoms with van der Waals surface area (Å²) in [4.78, 5) is 0.249. The van der Waals surface area contributed by atoms with Gasteiger partial charge in [-0.15, -0.1) is 0 Å². The van der Waals surface area contributed by atoms with Crippen LogP contribution >= 0.6 is 11.6 Å². The molecule has 1 N–H and O–H groups in total. The highest BCUT2D eigenvalue weighted by Crippen LogP contribution is 2.38. The van der Waals surface area contributed by atoms with Crippen LogP contribution in [0.3, 0.4) is 0 Å². The molecule has 1 aliphatic rings. The molecule has 0 aromatic heterocycles. The fourth-order valence-corrected chi connectivity index (χ4v) is 5.97. The molecule has 0 heterocycles. The smallest absolute Gasteiger partial charge is 0.261 e. The summed E-state index contributed by atoms with van der Waals surface area (Å²) in [6, 6.07) is 30.9. The molecule has 0 radical (unpaired) electrons. The number of sulfonamides is 1. The number of nitrogens with one attached hydrogen (secondary N) is 1. The van der Waals surface area contributed by atoms with Crippen LogP contribution in [0.4, 0.5) is 5.69 Å². The van der Waals surface area contributed by atoms with Gasteiger partial charge in [0.2, 0.25) is 0 Å². The molecule has 0 bridgehead atoms. The van der Waals surface area contributed by atoms with E-state index in [4.69, 9.17) is 11.6 Å². The molecular weight excluding hydrogens is 450 g/mol. The SMILES string of the molecule is O=S(=O)(Nc1cccc(CC2c3ccccc3CCc3cc(Cl)ccc32)c1)c1ccccc1. The molecule has 0 fully saturated rings. The van der Waals surface area contributed by atoms with Crippen LogP contribution in [-0.2, 0) is 29.3 Å². The van der Waals surface area contributed by atoms with Gasteiger partial charge in [-0.3, -0.25) is 4.72 Å². The van der Waals surface area contributed by atoms with Gasteiger partial charge in [0.15, 0.2) is 0 Å². The Labute approximate surface area is 200 Å². The minimum absolute atomic E-state index is 0.178. The van der Waals surface area contributed by atoms with E-state index in [0.29, 0.717) is 5.69 Å². The predicted molar refractivity (Wildman–Crippen MR) is 135 cm³/mol. The zero-order chi connectivity index (χ0) is 22.8. The standard InChI is InChI=1S/C28H24ClNO2S/c29-23-15-16-27-22(19-23)14-13-21-8-4-5-12-26(21)28(27)18-20-7-6-9-24(17-20)30-33(31,32)25-10-2-1-3-11-25/h1-12,15-17,19,28,30H,13-14,18H2. The van der Waals surface area contributed by atoms with Gasteiger partial charge in [0.1, 0.15) is 0 Å². The van der Waals surface area contributed by atoms with Crippen LogP contribution in [0.2, 0.25) is 5.02 Å². The Morgan fingerprint density at radius 1 is 0.758 bits per heavy atom. The number of benzene rings is 4. The topological polar surface area (TPSA) is 46.2 Å². The maximum Gasteiger partial charge on any atom is 0.261 e. The van der Waals surface area contributed by atoms with Crippen LogP contribution in [0, 0.1) is 0 Å². The largest absolute Gasteiger partial charge is 0.280 e. The first-order valence-corrected chi connectivity index (χ1v) is 12.9. The molecule has 166 valence electrons. The van der Waals surface area contributed by atoms with E-state index in [9.17, 15) is 8.42 Å². The summed E-state index contributed by atoms with van der Waals surface area (Å²) in [5.41, 5.74) is 6.90. The van der Waals surface area contributed by atoms with Crippen molar-refractivity contribution in [1.29, 1.82) is 0 Å². The Morgan fingerprint density at radius 2 is 1.48 bits per heavy atom. The molecule has 1 aliphatic carbocycles. The van der Waals surface area contributed by atoms with Gasteiger partial charge >= 0.3 is 0 Å². The third kappa shape index (κ3) is 4.68. The lowest BCUT2D eigenvalue weighted by Crippen LogP contribution is -2.13. The third-order valence-electron chi connectivity index (χ3n) is 6.25. The highest BCUT2D eigenvalue weighted by molar-refractivity contribution is 7.92. The third-order valence-corrected chi connectivity index (χ3v) is 7.88. The molecule has 4 aromatic rings. The first-order valence-electron chi connectivity index (χ1n) is 11.0. The summed E-state index contributed by atoms with van der Waals surface area (Å²) in [5, 5.41) is 0.760. The van der Waals surface area contributed by atoms with Crippen LogP contribution in [0.1, 0.15) is 33.7 Å². The van der Waals surface area contributed by atoms with E-state index in [0.717, 1.165) is 29.8 Å². The van der Waals surface area contributed by atoms with Crippen LogP contribution in [0.5, 0.6) is 0 Å². The summed E-state index contributed by atoms with van der Waals surface area (Å²) in [6.45, 7) is 0. The second-order valence-electron chi connectivity index (χ2n) is 8.42. The molecule has 33 heavy (non-hydrogen) atoms. The molecule has 1 unspecified atom stereocenters. The first-order chi connectivity index (χ1) is 16.0. The predicted octanol–water partition coefficient (Wildman–Crippen LogP) is 6.61. The molecule has 0 aliphatic heterocycles. The zero-order valence-electron chi connectivity index (χ0n) is 18.0. The Kier molecular flexibility index (Phi) is 5.96. The number of rotatable bonds is 5. The van der Waals surface area contributed by atoms with Crippen LogP contribution < -0.4 is 4.72 Å². The first kappa shape index (κ1) is 21.7. The number of hydrogen-bond donors (Lipinski definition) is 1. The quantitative estimate of drug-likeness (QED) is 0.354. The highest BCUT2D eigenvalue weighted by atomic mass is 35.5. The van der Waals surface area contributed by atoms with Crippen molar-refractivity contribution >= 4 is 27.3 Å². The molecule has 0 saturated carbocycles. The molecule has 0 saturated heterocycles. The van der Waals surface area contributed by atoms with Crippen molar-refractivity contribution in [2.45, 2.75) is 30.1 Å². The number of fused-ring (bicyclic) bond motifs is 2.